The number of amidine groups is 1. The van der Waals surface area contributed by atoms with Crippen LogP contribution in [-0.2, 0) is 13.6 Å². The van der Waals surface area contributed by atoms with Gasteiger partial charge >= 0.3 is 0 Å². The monoisotopic (exact) mass is 260 g/mol. The molecule has 2 aromatic rings. The first-order valence-electron chi connectivity index (χ1n) is 5.74. The standard InChI is InChI=1S/C12H16N6O/c1-17(7-10-8-18(2)16-14-10)11-5-3-9(4-6-11)12(13)15-19/h3-6,8,19H,7H2,1-2H3,(H2,13,15). The Morgan fingerprint density at radius 3 is 2.63 bits per heavy atom. The summed E-state index contributed by atoms with van der Waals surface area (Å²) in [6, 6.07) is 7.42. The molecule has 0 aliphatic rings. The van der Waals surface area contributed by atoms with Gasteiger partial charge in [-0.2, -0.15) is 0 Å². The third-order valence-corrected chi connectivity index (χ3v) is 2.76. The predicted molar refractivity (Wildman–Crippen MR) is 72.1 cm³/mol. The fourth-order valence-corrected chi connectivity index (χ4v) is 1.75. The summed E-state index contributed by atoms with van der Waals surface area (Å²) in [5.41, 5.74) is 8.10. The van der Waals surface area contributed by atoms with Crippen molar-refractivity contribution in [3.8, 4) is 0 Å². The zero-order chi connectivity index (χ0) is 13.8. The molecule has 0 saturated heterocycles. The third kappa shape index (κ3) is 3.01. The number of anilines is 1. The molecular weight excluding hydrogens is 244 g/mol. The van der Waals surface area contributed by atoms with Crippen molar-refractivity contribution in [2.24, 2.45) is 17.9 Å². The van der Waals surface area contributed by atoms with E-state index in [1.807, 2.05) is 37.3 Å². The quantitative estimate of drug-likeness (QED) is 0.362. The molecule has 0 amide bonds. The Bertz CT molecular complexity index is 574. The maximum Gasteiger partial charge on any atom is 0.170 e. The molecule has 1 heterocycles. The van der Waals surface area contributed by atoms with Crippen LogP contribution in [0.3, 0.4) is 0 Å². The minimum absolute atomic E-state index is 0.100. The lowest BCUT2D eigenvalue weighted by Gasteiger charge is -2.17. The Morgan fingerprint density at radius 1 is 1.42 bits per heavy atom. The summed E-state index contributed by atoms with van der Waals surface area (Å²) in [5.74, 6) is 0.100. The van der Waals surface area contributed by atoms with Gasteiger partial charge < -0.3 is 15.8 Å². The van der Waals surface area contributed by atoms with Gasteiger partial charge in [-0.1, -0.05) is 10.4 Å². The van der Waals surface area contributed by atoms with Crippen molar-refractivity contribution < 1.29 is 5.21 Å². The van der Waals surface area contributed by atoms with Gasteiger partial charge in [-0.15, -0.1) is 5.10 Å². The van der Waals surface area contributed by atoms with E-state index < -0.39 is 0 Å². The molecule has 0 spiro atoms. The fourth-order valence-electron chi connectivity index (χ4n) is 1.75. The predicted octanol–water partition coefficient (Wildman–Crippen LogP) is 0.546. The smallest absolute Gasteiger partial charge is 0.170 e. The van der Waals surface area contributed by atoms with Gasteiger partial charge in [0.1, 0.15) is 5.69 Å². The summed E-state index contributed by atoms with van der Waals surface area (Å²) >= 11 is 0. The summed E-state index contributed by atoms with van der Waals surface area (Å²) in [7, 11) is 3.80. The van der Waals surface area contributed by atoms with Crippen LogP contribution in [0, 0.1) is 0 Å². The van der Waals surface area contributed by atoms with E-state index in [0.29, 0.717) is 12.1 Å². The topological polar surface area (TPSA) is 92.6 Å². The average Bonchev–Trinajstić information content (AvgIpc) is 2.83. The van der Waals surface area contributed by atoms with Gasteiger partial charge in [0.25, 0.3) is 0 Å². The number of aryl methyl sites for hydroxylation is 1. The highest BCUT2D eigenvalue weighted by Gasteiger charge is 2.06. The fraction of sp³-hybridized carbons (Fsp3) is 0.250. The molecule has 1 aromatic heterocycles. The highest BCUT2D eigenvalue weighted by atomic mass is 16.4. The van der Waals surface area contributed by atoms with Gasteiger partial charge in [0, 0.05) is 31.5 Å². The zero-order valence-electron chi connectivity index (χ0n) is 10.9. The van der Waals surface area contributed by atoms with Crippen LogP contribution in [0.4, 0.5) is 5.69 Å². The molecule has 7 heteroatoms. The van der Waals surface area contributed by atoms with Crippen LogP contribution in [0.5, 0.6) is 0 Å². The molecule has 0 saturated carbocycles. The molecule has 7 nitrogen and oxygen atoms in total. The van der Waals surface area contributed by atoms with Crippen molar-refractivity contribution in [2.75, 3.05) is 11.9 Å². The van der Waals surface area contributed by atoms with E-state index in [1.54, 1.807) is 16.8 Å². The molecule has 0 fully saturated rings. The summed E-state index contributed by atoms with van der Waals surface area (Å²) < 4.78 is 1.67. The molecule has 100 valence electrons. The first kappa shape index (κ1) is 12.9. The molecule has 1 aromatic carbocycles. The summed E-state index contributed by atoms with van der Waals surface area (Å²) in [6.45, 7) is 0.663. The number of aromatic nitrogens is 3. The van der Waals surface area contributed by atoms with Gasteiger partial charge in [0.15, 0.2) is 5.84 Å². The lowest BCUT2D eigenvalue weighted by molar-refractivity contribution is 0.318. The SMILES string of the molecule is CN(Cc1cn(C)nn1)c1ccc(/C(N)=N/O)cc1. The highest BCUT2D eigenvalue weighted by molar-refractivity contribution is 5.97. The number of oxime groups is 1. The Hall–Kier alpha value is -2.57. The second-order valence-electron chi connectivity index (χ2n) is 4.27. The number of rotatable bonds is 4. The number of nitrogens with two attached hydrogens (primary N) is 1. The van der Waals surface area contributed by atoms with E-state index in [9.17, 15) is 0 Å². The lowest BCUT2D eigenvalue weighted by atomic mass is 10.2. The van der Waals surface area contributed by atoms with Gasteiger partial charge in [-0.05, 0) is 24.3 Å². The molecule has 3 N–H and O–H groups in total. The van der Waals surface area contributed by atoms with Crippen LogP contribution in [-0.4, -0.2) is 33.1 Å². The van der Waals surface area contributed by atoms with Crippen molar-refractivity contribution in [3.05, 3.63) is 41.7 Å². The Morgan fingerprint density at radius 2 is 2.11 bits per heavy atom. The van der Waals surface area contributed by atoms with Crippen molar-refractivity contribution in [3.63, 3.8) is 0 Å². The highest BCUT2D eigenvalue weighted by Crippen LogP contribution is 2.15. The van der Waals surface area contributed by atoms with Crippen molar-refractivity contribution in [1.29, 1.82) is 0 Å². The van der Waals surface area contributed by atoms with Crippen molar-refractivity contribution in [2.45, 2.75) is 6.54 Å². The molecule has 2 rings (SSSR count). The van der Waals surface area contributed by atoms with Crippen LogP contribution in [0.25, 0.3) is 0 Å². The van der Waals surface area contributed by atoms with Gasteiger partial charge in [-0.25, -0.2) is 0 Å². The van der Waals surface area contributed by atoms with Crippen LogP contribution in [0.2, 0.25) is 0 Å². The third-order valence-electron chi connectivity index (χ3n) is 2.76. The molecule has 0 aliphatic carbocycles. The Balaban J connectivity index is 2.09. The molecule has 19 heavy (non-hydrogen) atoms. The Labute approximate surface area is 110 Å². The molecule has 0 radical (unpaired) electrons. The minimum Gasteiger partial charge on any atom is -0.409 e. The van der Waals surface area contributed by atoms with Crippen LogP contribution in [0.1, 0.15) is 11.3 Å². The van der Waals surface area contributed by atoms with Crippen molar-refractivity contribution in [1.82, 2.24) is 15.0 Å². The van der Waals surface area contributed by atoms with Gasteiger partial charge in [-0.3, -0.25) is 4.68 Å². The minimum atomic E-state index is 0.100. The molecule has 0 unspecified atom stereocenters. The number of hydrogen-bond acceptors (Lipinski definition) is 5. The number of nitrogens with zero attached hydrogens (tertiary/aromatic N) is 5. The maximum absolute atomic E-state index is 8.60. The summed E-state index contributed by atoms with van der Waals surface area (Å²) in [5, 5.41) is 19.5. The van der Waals surface area contributed by atoms with Crippen molar-refractivity contribution >= 4 is 11.5 Å². The van der Waals surface area contributed by atoms with E-state index in [4.69, 9.17) is 10.9 Å². The largest absolute Gasteiger partial charge is 0.409 e. The second-order valence-corrected chi connectivity index (χ2v) is 4.27. The first-order valence-corrected chi connectivity index (χ1v) is 5.74. The van der Waals surface area contributed by atoms with E-state index in [-0.39, 0.29) is 5.84 Å². The molecule has 0 bridgehead atoms. The lowest BCUT2D eigenvalue weighted by Crippen LogP contribution is -2.17. The van der Waals surface area contributed by atoms with E-state index >= 15 is 0 Å². The summed E-state index contributed by atoms with van der Waals surface area (Å²) in [4.78, 5) is 2.04. The molecule has 0 atom stereocenters. The summed E-state index contributed by atoms with van der Waals surface area (Å²) in [6.07, 6.45) is 1.88. The van der Waals surface area contributed by atoms with E-state index in [1.165, 1.54) is 0 Å². The zero-order valence-corrected chi connectivity index (χ0v) is 10.9. The maximum atomic E-state index is 8.60. The van der Waals surface area contributed by atoms with Gasteiger partial charge in [0.2, 0.25) is 0 Å². The second kappa shape index (κ2) is 5.38. The number of hydrogen-bond donors (Lipinski definition) is 2. The normalized spacial score (nSPS) is 11.6. The average molecular weight is 260 g/mol. The number of benzene rings is 1. The van der Waals surface area contributed by atoms with Crippen LogP contribution < -0.4 is 10.6 Å². The van der Waals surface area contributed by atoms with E-state index in [2.05, 4.69) is 15.5 Å². The first-order chi connectivity index (χ1) is 9.10. The molecular formula is C12H16N6O. The van der Waals surface area contributed by atoms with Crippen LogP contribution in [0.15, 0.2) is 35.6 Å². The van der Waals surface area contributed by atoms with E-state index in [0.717, 1.165) is 11.4 Å². The van der Waals surface area contributed by atoms with Crippen LogP contribution >= 0.6 is 0 Å². The Kier molecular flexibility index (Phi) is 3.65. The van der Waals surface area contributed by atoms with Gasteiger partial charge in [0.05, 0.1) is 6.54 Å². The molecule has 0 aliphatic heterocycles.